The van der Waals surface area contributed by atoms with Crippen molar-refractivity contribution in [3.63, 3.8) is 0 Å². The summed E-state index contributed by atoms with van der Waals surface area (Å²) < 4.78 is 30.7. The average molecular weight is 457 g/mol. The molecule has 1 saturated carbocycles. The van der Waals surface area contributed by atoms with E-state index in [1.165, 1.54) is 37.8 Å². The largest absolute Gasteiger partial charge is 0.496 e. The van der Waals surface area contributed by atoms with E-state index in [9.17, 15) is 9.18 Å². The number of hydrogen-bond donors (Lipinski definition) is 0. The Bertz CT molecular complexity index is 961. The molecule has 7 heteroatoms. The molecule has 1 aliphatic carbocycles. The highest BCUT2D eigenvalue weighted by Crippen LogP contribution is 2.34. The fourth-order valence-electron chi connectivity index (χ4n) is 4.82. The summed E-state index contributed by atoms with van der Waals surface area (Å²) in [6.07, 6.45) is 7.06. The summed E-state index contributed by atoms with van der Waals surface area (Å²) in [5.74, 6) is 2.29. The van der Waals surface area contributed by atoms with Gasteiger partial charge in [-0.15, -0.1) is 0 Å². The first-order valence-electron chi connectivity index (χ1n) is 11.8. The SMILES string of the molecule is COc1ccc(F)cc1CN1CCCN(c2ccc(OC)c(OCCC3CCCC3)c2)C1=O. The molecule has 2 amide bonds. The van der Waals surface area contributed by atoms with Gasteiger partial charge in [0.25, 0.3) is 0 Å². The van der Waals surface area contributed by atoms with Gasteiger partial charge in [0, 0.05) is 30.4 Å². The summed E-state index contributed by atoms with van der Waals surface area (Å²) in [6, 6.07) is 9.88. The van der Waals surface area contributed by atoms with E-state index in [2.05, 4.69) is 0 Å². The molecule has 0 N–H and O–H groups in total. The number of rotatable bonds is 9. The van der Waals surface area contributed by atoms with Crippen molar-refractivity contribution in [2.24, 2.45) is 5.92 Å². The van der Waals surface area contributed by atoms with Crippen LogP contribution in [0.5, 0.6) is 17.2 Å². The smallest absolute Gasteiger partial charge is 0.324 e. The van der Waals surface area contributed by atoms with Crippen LogP contribution in [0.4, 0.5) is 14.9 Å². The van der Waals surface area contributed by atoms with Gasteiger partial charge in [-0.1, -0.05) is 25.7 Å². The molecule has 33 heavy (non-hydrogen) atoms. The van der Waals surface area contributed by atoms with E-state index in [1.54, 1.807) is 30.1 Å². The maximum Gasteiger partial charge on any atom is 0.324 e. The standard InChI is InChI=1S/C26H33FN2O4/c1-31-23-10-8-21(27)16-20(23)18-28-13-5-14-29(26(28)30)22-9-11-24(32-2)25(17-22)33-15-12-19-6-3-4-7-19/h8-11,16-17,19H,3-7,12-15,18H2,1-2H3. The lowest BCUT2D eigenvalue weighted by atomic mass is 10.1. The lowest BCUT2D eigenvalue weighted by Crippen LogP contribution is -2.49. The van der Waals surface area contributed by atoms with Crippen LogP contribution in [0.3, 0.4) is 0 Å². The molecule has 0 aromatic heterocycles. The lowest BCUT2D eigenvalue weighted by Gasteiger charge is -2.36. The van der Waals surface area contributed by atoms with Crippen LogP contribution in [0.25, 0.3) is 0 Å². The maximum absolute atomic E-state index is 13.8. The Labute approximate surface area is 195 Å². The van der Waals surface area contributed by atoms with Crippen molar-refractivity contribution in [3.05, 3.63) is 47.8 Å². The minimum atomic E-state index is -0.346. The van der Waals surface area contributed by atoms with Crippen molar-refractivity contribution < 1.29 is 23.4 Å². The van der Waals surface area contributed by atoms with Crippen molar-refractivity contribution in [1.29, 1.82) is 0 Å². The van der Waals surface area contributed by atoms with Crippen molar-refractivity contribution in [2.45, 2.75) is 45.1 Å². The van der Waals surface area contributed by atoms with Crippen molar-refractivity contribution >= 4 is 11.7 Å². The van der Waals surface area contributed by atoms with Crippen LogP contribution in [0.1, 0.15) is 44.1 Å². The molecule has 6 nitrogen and oxygen atoms in total. The number of carbonyl (C=O) groups is 1. The van der Waals surface area contributed by atoms with E-state index in [1.807, 2.05) is 18.2 Å². The van der Waals surface area contributed by atoms with Crippen LogP contribution in [0.15, 0.2) is 36.4 Å². The average Bonchev–Trinajstić information content (AvgIpc) is 3.34. The van der Waals surface area contributed by atoms with Gasteiger partial charge >= 0.3 is 6.03 Å². The Morgan fingerprint density at radius 1 is 0.939 bits per heavy atom. The number of carbonyl (C=O) groups excluding carboxylic acids is 1. The second-order valence-corrected chi connectivity index (χ2v) is 8.79. The molecule has 4 rings (SSSR count). The number of ether oxygens (including phenoxy) is 3. The summed E-state index contributed by atoms with van der Waals surface area (Å²) in [4.78, 5) is 16.8. The molecule has 0 spiro atoms. The zero-order valence-corrected chi connectivity index (χ0v) is 19.5. The minimum Gasteiger partial charge on any atom is -0.496 e. The van der Waals surface area contributed by atoms with Crippen molar-refractivity contribution in [3.8, 4) is 17.2 Å². The number of urea groups is 1. The molecule has 2 aromatic carbocycles. The predicted molar refractivity (Wildman–Crippen MR) is 126 cm³/mol. The van der Waals surface area contributed by atoms with Gasteiger partial charge in [-0.2, -0.15) is 0 Å². The van der Waals surface area contributed by atoms with E-state index < -0.39 is 0 Å². The number of anilines is 1. The molecule has 2 aliphatic rings. The van der Waals surface area contributed by atoms with Crippen molar-refractivity contribution in [1.82, 2.24) is 4.90 Å². The summed E-state index contributed by atoms with van der Waals surface area (Å²) in [7, 11) is 3.17. The fourth-order valence-corrected chi connectivity index (χ4v) is 4.82. The third-order valence-corrected chi connectivity index (χ3v) is 6.63. The first kappa shape index (κ1) is 23.2. The Kier molecular flexibility index (Phi) is 7.57. The highest BCUT2D eigenvalue weighted by atomic mass is 19.1. The van der Waals surface area contributed by atoms with Gasteiger partial charge in [-0.05, 0) is 49.1 Å². The van der Waals surface area contributed by atoms with Crippen molar-refractivity contribution in [2.75, 3.05) is 38.8 Å². The molecule has 1 heterocycles. The van der Waals surface area contributed by atoms with E-state index in [0.717, 1.165) is 24.4 Å². The van der Waals surface area contributed by atoms with E-state index in [4.69, 9.17) is 14.2 Å². The summed E-state index contributed by atoms with van der Waals surface area (Å²) in [5.41, 5.74) is 1.42. The Balaban J connectivity index is 1.47. The third kappa shape index (κ3) is 5.52. The summed E-state index contributed by atoms with van der Waals surface area (Å²) in [5, 5.41) is 0. The molecule has 0 unspecified atom stereocenters. The molecule has 2 fully saturated rings. The summed E-state index contributed by atoms with van der Waals surface area (Å²) in [6.45, 7) is 2.15. The van der Waals surface area contributed by atoms with Gasteiger partial charge in [-0.3, -0.25) is 4.90 Å². The van der Waals surface area contributed by atoms with Gasteiger partial charge < -0.3 is 19.1 Å². The second-order valence-electron chi connectivity index (χ2n) is 8.79. The maximum atomic E-state index is 13.8. The number of amides is 2. The van der Waals surface area contributed by atoms with E-state index in [-0.39, 0.29) is 18.4 Å². The number of nitrogens with zero attached hydrogens (tertiary/aromatic N) is 2. The fraction of sp³-hybridized carbons (Fsp3) is 0.500. The number of halogens is 1. The molecule has 0 radical (unpaired) electrons. The molecule has 1 saturated heterocycles. The van der Waals surface area contributed by atoms with Gasteiger partial charge in [0.2, 0.25) is 0 Å². The highest BCUT2D eigenvalue weighted by Gasteiger charge is 2.28. The molecular weight excluding hydrogens is 423 g/mol. The van der Waals surface area contributed by atoms with Crippen LogP contribution in [-0.4, -0.2) is 44.8 Å². The molecule has 0 atom stereocenters. The molecule has 1 aliphatic heterocycles. The Morgan fingerprint density at radius 2 is 1.70 bits per heavy atom. The number of hydrogen-bond acceptors (Lipinski definition) is 4. The topological polar surface area (TPSA) is 51.2 Å². The van der Waals surface area contributed by atoms with Gasteiger partial charge in [0.1, 0.15) is 11.6 Å². The van der Waals surface area contributed by atoms with Gasteiger partial charge in [0.15, 0.2) is 11.5 Å². The van der Waals surface area contributed by atoms with Crippen LogP contribution in [0, 0.1) is 11.7 Å². The summed E-state index contributed by atoms with van der Waals surface area (Å²) >= 11 is 0. The molecule has 0 bridgehead atoms. The van der Waals surface area contributed by atoms with Crippen LogP contribution < -0.4 is 19.1 Å². The molecule has 2 aromatic rings. The predicted octanol–water partition coefficient (Wildman–Crippen LogP) is 5.63. The Morgan fingerprint density at radius 3 is 2.45 bits per heavy atom. The number of benzene rings is 2. The lowest BCUT2D eigenvalue weighted by molar-refractivity contribution is 0.191. The van der Waals surface area contributed by atoms with E-state index in [0.29, 0.717) is 42.5 Å². The molecule has 178 valence electrons. The highest BCUT2D eigenvalue weighted by molar-refractivity contribution is 5.93. The normalized spacial score (nSPS) is 16.9. The van der Waals surface area contributed by atoms with Gasteiger partial charge in [-0.25, -0.2) is 9.18 Å². The number of methoxy groups -OCH3 is 2. The van der Waals surface area contributed by atoms with Crippen LogP contribution in [0.2, 0.25) is 0 Å². The van der Waals surface area contributed by atoms with E-state index >= 15 is 0 Å². The molecular formula is C26H33FN2O4. The first-order chi connectivity index (χ1) is 16.1. The van der Waals surface area contributed by atoms with Crippen LogP contribution >= 0.6 is 0 Å². The van der Waals surface area contributed by atoms with Gasteiger partial charge in [0.05, 0.1) is 27.4 Å². The third-order valence-electron chi connectivity index (χ3n) is 6.63. The van der Waals surface area contributed by atoms with Crippen LogP contribution in [-0.2, 0) is 6.54 Å². The quantitative estimate of drug-likeness (QED) is 0.490. The zero-order valence-electron chi connectivity index (χ0n) is 19.5. The monoisotopic (exact) mass is 456 g/mol. The second kappa shape index (κ2) is 10.8. The first-order valence-corrected chi connectivity index (χ1v) is 11.8. The Hall–Kier alpha value is -2.96. The minimum absolute atomic E-state index is 0.116. The zero-order chi connectivity index (χ0) is 23.2.